The van der Waals surface area contributed by atoms with Crippen LogP contribution in [-0.4, -0.2) is 22.6 Å². The van der Waals surface area contributed by atoms with E-state index in [-0.39, 0.29) is 11.1 Å². The number of rotatable bonds is 4. The highest BCUT2D eigenvalue weighted by Gasteiger charge is 2.31. The van der Waals surface area contributed by atoms with Crippen molar-refractivity contribution in [3.63, 3.8) is 0 Å². The van der Waals surface area contributed by atoms with Crippen molar-refractivity contribution in [2.24, 2.45) is 0 Å². The van der Waals surface area contributed by atoms with Gasteiger partial charge in [-0.25, -0.2) is 9.37 Å². The Labute approximate surface area is 93.3 Å². The lowest BCUT2D eigenvalue weighted by atomic mass is 10.3. The summed E-state index contributed by atoms with van der Waals surface area (Å²) in [6, 6.07) is 0.436. The second-order valence-electron chi connectivity index (χ2n) is 3.74. The molecule has 1 aliphatic carbocycles. The number of halogens is 2. The molecule has 0 spiro atoms. The fourth-order valence-electron chi connectivity index (χ4n) is 1.63. The fourth-order valence-corrected chi connectivity index (χ4v) is 1.76. The van der Waals surface area contributed by atoms with Gasteiger partial charge in [0.15, 0.2) is 11.6 Å². The van der Waals surface area contributed by atoms with Crippen LogP contribution in [0.1, 0.15) is 26.2 Å². The molecular weight excluding hydrogens is 217 g/mol. The molecule has 0 N–H and O–H groups in total. The van der Waals surface area contributed by atoms with E-state index in [9.17, 15) is 4.39 Å². The van der Waals surface area contributed by atoms with Gasteiger partial charge in [-0.2, -0.15) is 4.98 Å². The van der Waals surface area contributed by atoms with Crippen LogP contribution in [0.15, 0.2) is 6.20 Å². The molecule has 0 bridgehead atoms. The van der Waals surface area contributed by atoms with Crippen LogP contribution < -0.4 is 4.90 Å². The summed E-state index contributed by atoms with van der Waals surface area (Å²) in [6.07, 6.45) is 4.33. The van der Waals surface area contributed by atoms with Gasteiger partial charge < -0.3 is 4.90 Å². The standard InChI is InChI=1S/C10H13ClFN3/c1-2-5-15(7-3-4-7)9-8(12)6-13-10(11)14-9/h6-7H,2-5H2,1H3. The molecule has 1 aromatic rings. The van der Waals surface area contributed by atoms with Crippen molar-refractivity contribution in [2.75, 3.05) is 11.4 Å². The molecule has 1 aliphatic rings. The molecule has 0 aliphatic heterocycles. The van der Waals surface area contributed by atoms with Crippen LogP contribution in [0.2, 0.25) is 5.28 Å². The quantitative estimate of drug-likeness (QED) is 0.744. The summed E-state index contributed by atoms with van der Waals surface area (Å²) in [4.78, 5) is 9.56. The topological polar surface area (TPSA) is 29.0 Å². The van der Waals surface area contributed by atoms with E-state index >= 15 is 0 Å². The molecule has 0 radical (unpaired) electrons. The molecule has 0 atom stereocenters. The molecule has 1 saturated carbocycles. The summed E-state index contributed by atoms with van der Waals surface area (Å²) >= 11 is 5.67. The summed E-state index contributed by atoms with van der Waals surface area (Å²) in [5, 5.41) is 0.105. The zero-order valence-corrected chi connectivity index (χ0v) is 9.34. The van der Waals surface area contributed by atoms with Crippen LogP contribution >= 0.6 is 11.6 Å². The van der Waals surface area contributed by atoms with Crippen molar-refractivity contribution in [1.82, 2.24) is 9.97 Å². The van der Waals surface area contributed by atoms with Crippen molar-refractivity contribution in [2.45, 2.75) is 32.2 Å². The lowest BCUT2D eigenvalue weighted by Gasteiger charge is -2.22. The molecule has 0 saturated heterocycles. The van der Waals surface area contributed by atoms with Crippen molar-refractivity contribution in [3.8, 4) is 0 Å². The highest BCUT2D eigenvalue weighted by Crippen LogP contribution is 2.32. The van der Waals surface area contributed by atoms with Crippen LogP contribution in [0.3, 0.4) is 0 Å². The van der Waals surface area contributed by atoms with E-state index in [0.29, 0.717) is 11.9 Å². The van der Waals surface area contributed by atoms with Crippen LogP contribution in [0.4, 0.5) is 10.2 Å². The average Bonchev–Trinajstić information content (AvgIpc) is 3.02. The molecule has 15 heavy (non-hydrogen) atoms. The Morgan fingerprint density at radius 1 is 1.60 bits per heavy atom. The first-order valence-corrected chi connectivity index (χ1v) is 5.55. The first kappa shape index (κ1) is 10.6. The zero-order valence-electron chi connectivity index (χ0n) is 8.58. The zero-order chi connectivity index (χ0) is 10.8. The summed E-state index contributed by atoms with van der Waals surface area (Å²) in [5.41, 5.74) is 0. The molecular formula is C10H13ClFN3. The third-order valence-electron chi connectivity index (χ3n) is 2.42. The summed E-state index contributed by atoms with van der Waals surface area (Å²) in [5.74, 6) is -0.0425. The Morgan fingerprint density at radius 2 is 2.33 bits per heavy atom. The highest BCUT2D eigenvalue weighted by atomic mass is 35.5. The van der Waals surface area contributed by atoms with Gasteiger partial charge >= 0.3 is 0 Å². The largest absolute Gasteiger partial charge is 0.351 e. The predicted molar refractivity (Wildman–Crippen MR) is 57.7 cm³/mol. The number of aromatic nitrogens is 2. The third kappa shape index (κ3) is 2.37. The molecule has 0 unspecified atom stereocenters. The van der Waals surface area contributed by atoms with Crippen molar-refractivity contribution < 1.29 is 4.39 Å². The first-order valence-electron chi connectivity index (χ1n) is 5.17. The smallest absolute Gasteiger partial charge is 0.224 e. The molecule has 1 fully saturated rings. The van der Waals surface area contributed by atoms with E-state index in [4.69, 9.17) is 11.6 Å². The molecule has 0 aromatic carbocycles. The Morgan fingerprint density at radius 3 is 2.93 bits per heavy atom. The van der Waals surface area contributed by atoms with Gasteiger partial charge in [0.2, 0.25) is 5.28 Å². The number of nitrogens with zero attached hydrogens (tertiary/aromatic N) is 3. The lowest BCUT2D eigenvalue weighted by molar-refractivity contribution is 0.597. The van der Waals surface area contributed by atoms with Crippen LogP contribution in [-0.2, 0) is 0 Å². The highest BCUT2D eigenvalue weighted by molar-refractivity contribution is 6.28. The van der Waals surface area contributed by atoms with Gasteiger partial charge in [0.05, 0.1) is 6.20 Å². The maximum Gasteiger partial charge on any atom is 0.224 e. The van der Waals surface area contributed by atoms with Crippen molar-refractivity contribution >= 4 is 17.4 Å². The second-order valence-corrected chi connectivity index (χ2v) is 4.07. The second kappa shape index (κ2) is 4.31. The first-order chi connectivity index (χ1) is 7.22. The molecule has 1 aromatic heterocycles. The van der Waals surface area contributed by atoms with Crippen LogP contribution in [0.25, 0.3) is 0 Å². The molecule has 0 amide bonds. The van der Waals surface area contributed by atoms with E-state index in [1.165, 1.54) is 0 Å². The maximum absolute atomic E-state index is 13.5. The number of hydrogen-bond donors (Lipinski definition) is 0. The molecule has 5 heteroatoms. The van der Waals surface area contributed by atoms with Crippen LogP contribution in [0, 0.1) is 5.82 Å². The molecule has 3 nitrogen and oxygen atoms in total. The number of anilines is 1. The van der Waals surface area contributed by atoms with Gasteiger partial charge in [-0.15, -0.1) is 0 Å². The minimum absolute atomic E-state index is 0.105. The third-order valence-corrected chi connectivity index (χ3v) is 2.60. The SMILES string of the molecule is CCCN(c1nc(Cl)ncc1F)C1CC1. The average molecular weight is 230 g/mol. The van der Waals surface area contributed by atoms with Gasteiger partial charge in [-0.05, 0) is 30.9 Å². The van der Waals surface area contributed by atoms with Gasteiger partial charge in [0.25, 0.3) is 0 Å². The monoisotopic (exact) mass is 229 g/mol. The normalized spacial score (nSPS) is 15.4. The summed E-state index contributed by atoms with van der Waals surface area (Å²) in [6.45, 7) is 2.88. The Hall–Kier alpha value is -0.900. The van der Waals surface area contributed by atoms with Crippen LogP contribution in [0.5, 0.6) is 0 Å². The van der Waals surface area contributed by atoms with E-state index in [1.807, 2.05) is 4.90 Å². The van der Waals surface area contributed by atoms with Gasteiger partial charge in [0, 0.05) is 12.6 Å². The Balaban J connectivity index is 2.27. The van der Waals surface area contributed by atoms with E-state index in [2.05, 4.69) is 16.9 Å². The van der Waals surface area contributed by atoms with Gasteiger partial charge in [-0.3, -0.25) is 0 Å². The lowest BCUT2D eigenvalue weighted by Crippen LogP contribution is -2.28. The molecule has 2 rings (SSSR count). The Kier molecular flexibility index (Phi) is 3.05. The van der Waals surface area contributed by atoms with E-state index < -0.39 is 0 Å². The fraction of sp³-hybridized carbons (Fsp3) is 0.600. The number of hydrogen-bond acceptors (Lipinski definition) is 3. The minimum Gasteiger partial charge on any atom is -0.351 e. The summed E-state index contributed by atoms with van der Waals surface area (Å²) in [7, 11) is 0. The van der Waals surface area contributed by atoms with Crippen molar-refractivity contribution in [1.29, 1.82) is 0 Å². The van der Waals surface area contributed by atoms with E-state index in [0.717, 1.165) is 32.0 Å². The van der Waals surface area contributed by atoms with Gasteiger partial charge in [-0.1, -0.05) is 6.92 Å². The summed E-state index contributed by atoms with van der Waals surface area (Å²) < 4.78 is 13.5. The van der Waals surface area contributed by atoms with Gasteiger partial charge in [0.1, 0.15) is 0 Å². The van der Waals surface area contributed by atoms with Crippen molar-refractivity contribution in [3.05, 3.63) is 17.3 Å². The predicted octanol–water partition coefficient (Wildman–Crippen LogP) is 2.65. The molecule has 1 heterocycles. The maximum atomic E-state index is 13.5. The minimum atomic E-state index is -0.389. The van der Waals surface area contributed by atoms with E-state index in [1.54, 1.807) is 0 Å². The Bertz CT molecular complexity index is 355. The molecule has 82 valence electrons.